The first-order valence-electron chi connectivity index (χ1n) is 5.86. The van der Waals surface area contributed by atoms with Gasteiger partial charge in [-0.2, -0.15) is 0 Å². The van der Waals surface area contributed by atoms with Crippen LogP contribution in [0, 0.1) is 5.92 Å². The fraction of sp³-hybridized carbons (Fsp3) is 0.538. The molecule has 2 atom stereocenters. The number of phenols is 1. The molecule has 1 saturated heterocycles. The summed E-state index contributed by atoms with van der Waals surface area (Å²) in [7, 11) is 0. The van der Waals surface area contributed by atoms with Crippen molar-refractivity contribution < 1.29 is 9.84 Å². The molecule has 1 aliphatic rings. The minimum atomic E-state index is 0.320. The lowest BCUT2D eigenvalue weighted by molar-refractivity contribution is 0.184. The highest BCUT2D eigenvalue weighted by Crippen LogP contribution is 2.18. The molecule has 16 heavy (non-hydrogen) atoms. The lowest BCUT2D eigenvalue weighted by Gasteiger charge is -2.16. The number of ether oxygens (including phenoxy) is 1. The average Bonchev–Trinajstić information content (AvgIpc) is 2.80. The lowest BCUT2D eigenvalue weighted by Crippen LogP contribution is -2.25. The van der Waals surface area contributed by atoms with Gasteiger partial charge in [0.25, 0.3) is 0 Å². The minimum Gasteiger partial charge on any atom is -0.508 e. The zero-order valence-corrected chi connectivity index (χ0v) is 9.65. The summed E-state index contributed by atoms with van der Waals surface area (Å²) in [5, 5.41) is 12.7. The van der Waals surface area contributed by atoms with Crippen molar-refractivity contribution in [3.8, 4) is 5.75 Å². The molecule has 0 spiro atoms. The van der Waals surface area contributed by atoms with Crippen molar-refractivity contribution in [2.24, 2.45) is 5.92 Å². The van der Waals surface area contributed by atoms with Crippen LogP contribution in [-0.4, -0.2) is 24.9 Å². The number of nitrogens with one attached hydrogen (secondary N) is 1. The van der Waals surface area contributed by atoms with Gasteiger partial charge in [0.1, 0.15) is 5.75 Å². The Morgan fingerprint density at radius 2 is 2.19 bits per heavy atom. The van der Waals surface area contributed by atoms with Gasteiger partial charge in [0, 0.05) is 19.2 Å². The molecule has 0 saturated carbocycles. The van der Waals surface area contributed by atoms with Crippen LogP contribution in [0.2, 0.25) is 0 Å². The summed E-state index contributed by atoms with van der Waals surface area (Å²) in [6, 6.07) is 7.69. The molecule has 0 aromatic heterocycles. The number of hydrogen-bond donors (Lipinski definition) is 2. The predicted octanol–water partition coefficient (Wildman–Crippen LogP) is 2.08. The molecule has 3 nitrogen and oxygen atoms in total. The number of hydrogen-bond acceptors (Lipinski definition) is 3. The normalized spacial score (nSPS) is 22.2. The van der Waals surface area contributed by atoms with Gasteiger partial charge in [-0.1, -0.05) is 12.1 Å². The third-order valence-electron chi connectivity index (χ3n) is 3.13. The van der Waals surface area contributed by atoms with Crippen LogP contribution in [0.15, 0.2) is 24.3 Å². The predicted molar refractivity (Wildman–Crippen MR) is 63.5 cm³/mol. The maximum absolute atomic E-state index is 9.20. The van der Waals surface area contributed by atoms with Crippen LogP contribution in [0.4, 0.5) is 0 Å². The molecule has 2 unspecified atom stereocenters. The number of rotatable bonds is 4. The standard InChI is InChI=1S/C13H19NO2/c1-10(12-2-4-13(15)5-3-12)14-8-11-6-7-16-9-11/h2-5,10-11,14-15H,6-9H2,1H3. The third-order valence-corrected chi connectivity index (χ3v) is 3.13. The zero-order valence-electron chi connectivity index (χ0n) is 9.65. The maximum Gasteiger partial charge on any atom is 0.115 e. The molecule has 1 heterocycles. The Labute approximate surface area is 96.4 Å². The molecule has 0 bridgehead atoms. The summed E-state index contributed by atoms with van der Waals surface area (Å²) in [6.45, 7) is 4.93. The van der Waals surface area contributed by atoms with E-state index >= 15 is 0 Å². The van der Waals surface area contributed by atoms with Gasteiger partial charge < -0.3 is 15.2 Å². The highest BCUT2D eigenvalue weighted by atomic mass is 16.5. The Kier molecular flexibility index (Phi) is 3.80. The third kappa shape index (κ3) is 2.97. The minimum absolute atomic E-state index is 0.320. The molecule has 1 aromatic carbocycles. The van der Waals surface area contributed by atoms with E-state index in [-0.39, 0.29) is 0 Å². The first-order chi connectivity index (χ1) is 7.75. The quantitative estimate of drug-likeness (QED) is 0.818. The van der Waals surface area contributed by atoms with E-state index in [4.69, 9.17) is 4.74 Å². The molecule has 0 amide bonds. The van der Waals surface area contributed by atoms with Crippen LogP contribution < -0.4 is 5.32 Å². The fourth-order valence-electron chi connectivity index (χ4n) is 1.97. The summed E-state index contributed by atoms with van der Waals surface area (Å²) in [5.74, 6) is 0.972. The Morgan fingerprint density at radius 3 is 2.81 bits per heavy atom. The van der Waals surface area contributed by atoms with E-state index in [1.807, 2.05) is 12.1 Å². The molecule has 2 rings (SSSR count). The van der Waals surface area contributed by atoms with E-state index in [9.17, 15) is 5.11 Å². The molecule has 1 aliphatic heterocycles. The number of phenolic OH excluding ortho intramolecular Hbond substituents is 1. The van der Waals surface area contributed by atoms with Gasteiger partial charge in [0.2, 0.25) is 0 Å². The van der Waals surface area contributed by atoms with Crippen LogP contribution in [0.25, 0.3) is 0 Å². The lowest BCUT2D eigenvalue weighted by atomic mass is 10.1. The van der Waals surface area contributed by atoms with Crippen LogP contribution in [0.3, 0.4) is 0 Å². The summed E-state index contributed by atoms with van der Waals surface area (Å²) >= 11 is 0. The van der Waals surface area contributed by atoms with Gasteiger partial charge in [-0.05, 0) is 37.0 Å². The first-order valence-corrected chi connectivity index (χ1v) is 5.86. The van der Waals surface area contributed by atoms with Crippen molar-refractivity contribution in [1.82, 2.24) is 5.32 Å². The monoisotopic (exact) mass is 221 g/mol. The van der Waals surface area contributed by atoms with Gasteiger partial charge in [-0.3, -0.25) is 0 Å². The fourth-order valence-corrected chi connectivity index (χ4v) is 1.97. The molecule has 0 aliphatic carbocycles. The van der Waals surface area contributed by atoms with Crippen LogP contribution in [0.5, 0.6) is 5.75 Å². The maximum atomic E-state index is 9.20. The first kappa shape index (κ1) is 11.4. The van der Waals surface area contributed by atoms with E-state index in [1.165, 1.54) is 5.56 Å². The molecule has 2 N–H and O–H groups in total. The van der Waals surface area contributed by atoms with Crippen LogP contribution in [0.1, 0.15) is 24.9 Å². The summed E-state index contributed by atoms with van der Waals surface area (Å²) in [4.78, 5) is 0. The van der Waals surface area contributed by atoms with Crippen molar-refractivity contribution in [2.45, 2.75) is 19.4 Å². The van der Waals surface area contributed by atoms with Gasteiger partial charge in [-0.15, -0.1) is 0 Å². The van der Waals surface area contributed by atoms with Crippen LogP contribution in [-0.2, 0) is 4.74 Å². The molecule has 0 radical (unpaired) electrons. The number of benzene rings is 1. The topological polar surface area (TPSA) is 41.5 Å². The van der Waals surface area contributed by atoms with E-state index in [1.54, 1.807) is 12.1 Å². The van der Waals surface area contributed by atoms with Crippen molar-refractivity contribution in [1.29, 1.82) is 0 Å². The van der Waals surface area contributed by atoms with E-state index in [0.29, 0.717) is 17.7 Å². The Bertz CT molecular complexity index is 317. The largest absolute Gasteiger partial charge is 0.508 e. The summed E-state index contributed by atoms with van der Waals surface area (Å²) in [6.07, 6.45) is 1.16. The molecular formula is C13H19NO2. The Balaban J connectivity index is 1.82. The van der Waals surface area contributed by atoms with Crippen molar-refractivity contribution in [3.05, 3.63) is 29.8 Å². The SMILES string of the molecule is CC(NCC1CCOC1)c1ccc(O)cc1. The van der Waals surface area contributed by atoms with Gasteiger partial charge in [0.05, 0.1) is 6.61 Å². The highest BCUT2D eigenvalue weighted by Gasteiger charge is 2.16. The summed E-state index contributed by atoms with van der Waals surface area (Å²) in [5.41, 5.74) is 1.21. The molecule has 3 heteroatoms. The Morgan fingerprint density at radius 1 is 1.44 bits per heavy atom. The van der Waals surface area contributed by atoms with Crippen molar-refractivity contribution >= 4 is 0 Å². The van der Waals surface area contributed by atoms with Gasteiger partial charge in [0.15, 0.2) is 0 Å². The molecule has 1 aromatic rings. The average molecular weight is 221 g/mol. The van der Waals surface area contributed by atoms with Crippen LogP contribution >= 0.6 is 0 Å². The van der Waals surface area contributed by atoms with Crippen molar-refractivity contribution in [3.63, 3.8) is 0 Å². The Hall–Kier alpha value is -1.06. The second-order valence-electron chi connectivity index (χ2n) is 4.45. The zero-order chi connectivity index (χ0) is 11.4. The second-order valence-corrected chi connectivity index (χ2v) is 4.45. The van der Waals surface area contributed by atoms with E-state index < -0.39 is 0 Å². The molecule has 88 valence electrons. The van der Waals surface area contributed by atoms with E-state index in [0.717, 1.165) is 26.2 Å². The number of aromatic hydroxyl groups is 1. The molecule has 1 fully saturated rings. The van der Waals surface area contributed by atoms with E-state index in [2.05, 4.69) is 12.2 Å². The van der Waals surface area contributed by atoms with Gasteiger partial charge in [-0.25, -0.2) is 0 Å². The highest BCUT2D eigenvalue weighted by molar-refractivity contribution is 5.27. The van der Waals surface area contributed by atoms with Crippen molar-refractivity contribution in [2.75, 3.05) is 19.8 Å². The smallest absolute Gasteiger partial charge is 0.115 e. The molecular weight excluding hydrogens is 202 g/mol. The van der Waals surface area contributed by atoms with Gasteiger partial charge >= 0.3 is 0 Å². The second kappa shape index (κ2) is 5.32. The summed E-state index contributed by atoms with van der Waals surface area (Å²) < 4.78 is 5.34.